The van der Waals surface area contributed by atoms with Gasteiger partial charge >= 0.3 is 0 Å². The molecule has 0 aromatic heterocycles. The largest absolute Gasteiger partial charge is 0.490 e. The Morgan fingerprint density at radius 1 is 1.00 bits per heavy atom. The molecule has 0 aliphatic rings. The number of nitriles is 1. The number of ether oxygens (including phenoxy) is 3. The molecular weight excluding hydrogens is 230 g/mol. The van der Waals surface area contributed by atoms with Gasteiger partial charge in [-0.3, -0.25) is 0 Å². The summed E-state index contributed by atoms with van der Waals surface area (Å²) in [6.07, 6.45) is -0.000476. The smallest absolute Gasteiger partial charge is 0.203 e. The number of benzene rings is 1. The van der Waals surface area contributed by atoms with Crippen LogP contribution in [0.1, 0.15) is 33.3 Å². The predicted octanol–water partition coefficient (Wildman–Crippen LogP) is 3.14. The molecule has 0 bridgehead atoms. The first-order valence-electron chi connectivity index (χ1n) is 5.93. The van der Waals surface area contributed by atoms with Crippen molar-refractivity contribution in [2.75, 3.05) is 7.11 Å². The van der Waals surface area contributed by atoms with E-state index in [1.807, 2.05) is 27.7 Å². The van der Waals surface area contributed by atoms with Crippen molar-refractivity contribution in [2.45, 2.75) is 39.9 Å². The van der Waals surface area contributed by atoms with Crippen molar-refractivity contribution in [3.63, 3.8) is 0 Å². The molecule has 0 aliphatic heterocycles. The lowest BCUT2D eigenvalue weighted by atomic mass is 10.2. The van der Waals surface area contributed by atoms with Crippen LogP contribution in [0.4, 0.5) is 0 Å². The minimum Gasteiger partial charge on any atom is -0.490 e. The molecule has 0 N–H and O–H groups in total. The van der Waals surface area contributed by atoms with Crippen LogP contribution >= 0.6 is 0 Å². The number of hydrogen-bond acceptors (Lipinski definition) is 4. The Balaban J connectivity index is 3.26. The van der Waals surface area contributed by atoms with E-state index in [0.29, 0.717) is 22.8 Å². The number of hydrogen-bond donors (Lipinski definition) is 0. The van der Waals surface area contributed by atoms with E-state index in [-0.39, 0.29) is 12.2 Å². The van der Waals surface area contributed by atoms with Gasteiger partial charge in [-0.2, -0.15) is 5.26 Å². The zero-order valence-electron chi connectivity index (χ0n) is 11.5. The Bertz CT molecular complexity index is 416. The van der Waals surface area contributed by atoms with Crippen LogP contribution in [0.3, 0.4) is 0 Å². The number of rotatable bonds is 5. The van der Waals surface area contributed by atoms with Crippen LogP contribution in [-0.4, -0.2) is 19.3 Å². The monoisotopic (exact) mass is 249 g/mol. The van der Waals surface area contributed by atoms with E-state index in [9.17, 15) is 0 Å². The van der Waals surface area contributed by atoms with E-state index in [0.717, 1.165) is 0 Å². The highest BCUT2D eigenvalue weighted by Crippen LogP contribution is 2.39. The molecule has 0 unspecified atom stereocenters. The average molecular weight is 249 g/mol. The molecule has 4 nitrogen and oxygen atoms in total. The molecule has 0 atom stereocenters. The molecule has 0 saturated heterocycles. The van der Waals surface area contributed by atoms with Gasteiger partial charge < -0.3 is 14.2 Å². The fourth-order valence-electron chi connectivity index (χ4n) is 1.53. The van der Waals surface area contributed by atoms with Gasteiger partial charge in [-0.25, -0.2) is 0 Å². The Morgan fingerprint density at radius 2 is 1.44 bits per heavy atom. The Hall–Kier alpha value is -1.89. The molecule has 0 amide bonds. The average Bonchev–Trinajstić information content (AvgIpc) is 2.27. The minimum atomic E-state index is -0.000238. The lowest BCUT2D eigenvalue weighted by molar-refractivity contribution is 0.209. The molecular formula is C14H19NO3. The lowest BCUT2D eigenvalue weighted by Crippen LogP contribution is -2.10. The molecule has 0 fully saturated rings. The van der Waals surface area contributed by atoms with Crippen LogP contribution in [0.15, 0.2) is 12.1 Å². The second-order valence-electron chi connectivity index (χ2n) is 4.45. The molecule has 0 aliphatic carbocycles. The van der Waals surface area contributed by atoms with Crippen molar-refractivity contribution in [2.24, 2.45) is 0 Å². The standard InChI is InChI=1S/C14H19NO3/c1-9(2)17-12-6-11(8-15)7-13(14(12)16-5)18-10(3)4/h6-7,9-10H,1-5H3. The number of methoxy groups -OCH3 is 1. The summed E-state index contributed by atoms with van der Waals surface area (Å²) in [6.45, 7) is 7.67. The number of nitrogens with zero attached hydrogens (tertiary/aromatic N) is 1. The summed E-state index contributed by atoms with van der Waals surface area (Å²) < 4.78 is 16.6. The highest BCUT2D eigenvalue weighted by molar-refractivity contribution is 5.56. The van der Waals surface area contributed by atoms with Gasteiger partial charge in [0.25, 0.3) is 0 Å². The maximum Gasteiger partial charge on any atom is 0.203 e. The molecule has 1 aromatic rings. The van der Waals surface area contributed by atoms with Gasteiger partial charge in [-0.05, 0) is 27.7 Å². The Kier molecular flexibility index (Phi) is 4.85. The Labute approximate surface area is 108 Å². The van der Waals surface area contributed by atoms with Crippen LogP contribution < -0.4 is 14.2 Å². The third-order valence-electron chi connectivity index (χ3n) is 2.08. The molecule has 0 heterocycles. The second-order valence-corrected chi connectivity index (χ2v) is 4.45. The topological polar surface area (TPSA) is 51.5 Å². The molecule has 18 heavy (non-hydrogen) atoms. The first-order chi connectivity index (χ1) is 8.47. The summed E-state index contributed by atoms with van der Waals surface area (Å²) in [4.78, 5) is 0. The molecule has 0 radical (unpaired) electrons. The fraction of sp³-hybridized carbons (Fsp3) is 0.500. The summed E-state index contributed by atoms with van der Waals surface area (Å²) in [5.74, 6) is 1.58. The van der Waals surface area contributed by atoms with E-state index in [4.69, 9.17) is 19.5 Å². The summed E-state index contributed by atoms with van der Waals surface area (Å²) in [7, 11) is 1.56. The lowest BCUT2D eigenvalue weighted by Gasteiger charge is -2.18. The van der Waals surface area contributed by atoms with E-state index >= 15 is 0 Å². The van der Waals surface area contributed by atoms with Gasteiger partial charge in [-0.15, -0.1) is 0 Å². The Morgan fingerprint density at radius 3 is 1.72 bits per heavy atom. The first kappa shape index (κ1) is 14.2. The van der Waals surface area contributed by atoms with Gasteiger partial charge in [-0.1, -0.05) is 0 Å². The third kappa shape index (κ3) is 3.56. The summed E-state index contributed by atoms with van der Waals surface area (Å²) in [5.41, 5.74) is 0.488. The van der Waals surface area contributed by atoms with E-state index in [1.165, 1.54) is 0 Å². The van der Waals surface area contributed by atoms with Crippen molar-refractivity contribution in [1.29, 1.82) is 5.26 Å². The van der Waals surface area contributed by atoms with Gasteiger partial charge in [0.15, 0.2) is 11.5 Å². The normalized spacial score (nSPS) is 10.3. The first-order valence-corrected chi connectivity index (χ1v) is 5.93. The maximum absolute atomic E-state index is 9.02. The van der Waals surface area contributed by atoms with Crippen molar-refractivity contribution >= 4 is 0 Å². The molecule has 4 heteroatoms. The zero-order valence-corrected chi connectivity index (χ0v) is 11.5. The summed E-state index contributed by atoms with van der Waals surface area (Å²) in [6, 6.07) is 5.41. The maximum atomic E-state index is 9.02. The minimum absolute atomic E-state index is 0.000238. The summed E-state index contributed by atoms with van der Waals surface area (Å²) in [5, 5.41) is 9.02. The highest BCUT2D eigenvalue weighted by Gasteiger charge is 2.16. The molecule has 98 valence electrons. The molecule has 0 saturated carbocycles. The van der Waals surface area contributed by atoms with Crippen molar-refractivity contribution < 1.29 is 14.2 Å². The zero-order chi connectivity index (χ0) is 13.7. The highest BCUT2D eigenvalue weighted by atomic mass is 16.5. The SMILES string of the molecule is COc1c(OC(C)C)cc(C#N)cc1OC(C)C. The van der Waals surface area contributed by atoms with E-state index in [1.54, 1.807) is 19.2 Å². The molecule has 1 rings (SSSR count). The quantitative estimate of drug-likeness (QED) is 0.804. The van der Waals surface area contributed by atoms with Gasteiger partial charge in [0, 0.05) is 12.1 Å². The van der Waals surface area contributed by atoms with Crippen molar-refractivity contribution in [1.82, 2.24) is 0 Å². The van der Waals surface area contributed by atoms with Gasteiger partial charge in [0.1, 0.15) is 0 Å². The van der Waals surface area contributed by atoms with Crippen LogP contribution in [0, 0.1) is 11.3 Å². The van der Waals surface area contributed by atoms with Crippen LogP contribution in [-0.2, 0) is 0 Å². The van der Waals surface area contributed by atoms with Crippen LogP contribution in [0.5, 0.6) is 17.2 Å². The van der Waals surface area contributed by atoms with Crippen LogP contribution in [0.25, 0.3) is 0 Å². The van der Waals surface area contributed by atoms with Crippen molar-refractivity contribution in [3.05, 3.63) is 17.7 Å². The molecule has 1 aromatic carbocycles. The van der Waals surface area contributed by atoms with Gasteiger partial charge in [0.2, 0.25) is 5.75 Å². The fourth-order valence-corrected chi connectivity index (χ4v) is 1.53. The van der Waals surface area contributed by atoms with Crippen LogP contribution in [0.2, 0.25) is 0 Å². The molecule has 0 spiro atoms. The summed E-state index contributed by atoms with van der Waals surface area (Å²) >= 11 is 0. The second kappa shape index (κ2) is 6.15. The third-order valence-corrected chi connectivity index (χ3v) is 2.08. The van der Waals surface area contributed by atoms with E-state index < -0.39 is 0 Å². The van der Waals surface area contributed by atoms with E-state index in [2.05, 4.69) is 6.07 Å². The van der Waals surface area contributed by atoms with Gasteiger partial charge in [0.05, 0.1) is 31.0 Å². The predicted molar refractivity (Wildman–Crippen MR) is 69.2 cm³/mol. The van der Waals surface area contributed by atoms with Crippen molar-refractivity contribution in [3.8, 4) is 23.3 Å².